The van der Waals surface area contributed by atoms with E-state index in [9.17, 15) is 19.2 Å². The van der Waals surface area contributed by atoms with Crippen molar-refractivity contribution in [1.82, 2.24) is 35.3 Å². The van der Waals surface area contributed by atoms with Crippen LogP contribution in [0.3, 0.4) is 0 Å². The molecule has 0 spiro atoms. The summed E-state index contributed by atoms with van der Waals surface area (Å²) in [5.41, 5.74) is 1.50. The van der Waals surface area contributed by atoms with E-state index in [0.717, 1.165) is 0 Å². The van der Waals surface area contributed by atoms with Gasteiger partial charge in [-0.15, -0.1) is 5.10 Å². The van der Waals surface area contributed by atoms with Gasteiger partial charge in [0.25, 0.3) is 0 Å². The van der Waals surface area contributed by atoms with Gasteiger partial charge in [-0.3, -0.25) is 19.3 Å². The van der Waals surface area contributed by atoms with Crippen molar-refractivity contribution in [2.45, 2.75) is 32.4 Å². The predicted octanol–water partition coefficient (Wildman–Crippen LogP) is 2.09. The number of amides is 3. The second-order valence-corrected chi connectivity index (χ2v) is 10.4. The molecule has 1 fully saturated rings. The Morgan fingerprint density at radius 2 is 1.76 bits per heavy atom. The predicted molar refractivity (Wildman–Crippen MR) is 155 cm³/mol. The monoisotopic (exact) mass is 594 g/mol. The van der Waals surface area contributed by atoms with Gasteiger partial charge in [-0.25, -0.2) is 4.79 Å². The Kier molecular flexibility index (Phi) is 9.99. The molecule has 4 rings (SSSR count). The summed E-state index contributed by atoms with van der Waals surface area (Å²) >= 11 is 6.15. The molecule has 42 heavy (non-hydrogen) atoms. The van der Waals surface area contributed by atoms with Crippen molar-refractivity contribution in [1.29, 1.82) is 0 Å². The number of aromatic nitrogens is 4. The summed E-state index contributed by atoms with van der Waals surface area (Å²) in [4.78, 5) is 54.6. The van der Waals surface area contributed by atoms with Gasteiger partial charge in [0.2, 0.25) is 17.7 Å². The quantitative estimate of drug-likeness (QED) is 0.298. The fourth-order valence-electron chi connectivity index (χ4n) is 4.45. The average Bonchev–Trinajstić information content (AvgIpc) is 3.51. The molecule has 1 aliphatic rings. The van der Waals surface area contributed by atoms with Crippen LogP contribution >= 0.6 is 11.6 Å². The first-order valence-corrected chi connectivity index (χ1v) is 13.7. The zero-order valence-electron chi connectivity index (χ0n) is 23.1. The highest BCUT2D eigenvalue weighted by molar-refractivity contribution is 6.30. The highest BCUT2D eigenvalue weighted by Crippen LogP contribution is 2.20. The molecule has 3 aromatic rings. The third kappa shape index (κ3) is 7.98. The lowest BCUT2D eigenvalue weighted by atomic mass is 10.1. The maximum atomic E-state index is 13.3. The van der Waals surface area contributed by atoms with Crippen molar-refractivity contribution in [2.24, 2.45) is 0 Å². The molecule has 2 aromatic carbocycles. The van der Waals surface area contributed by atoms with E-state index in [4.69, 9.17) is 16.7 Å². The molecule has 0 unspecified atom stereocenters. The summed E-state index contributed by atoms with van der Waals surface area (Å²) in [5.74, 6) is -2.60. The number of carbonyl (C=O) groups excluding carboxylic acids is 3. The lowest BCUT2D eigenvalue weighted by molar-refractivity contribution is -0.136. The summed E-state index contributed by atoms with van der Waals surface area (Å²) in [7, 11) is 0. The van der Waals surface area contributed by atoms with Crippen LogP contribution in [-0.4, -0.2) is 97.1 Å². The number of hydrogen-bond acceptors (Lipinski definition) is 8. The molecule has 2 heterocycles. The smallest absolute Gasteiger partial charge is 0.335 e. The third-order valence-electron chi connectivity index (χ3n) is 6.81. The topological polar surface area (TPSA) is 163 Å². The Morgan fingerprint density at radius 1 is 1.05 bits per heavy atom. The molecule has 0 radical (unpaired) electrons. The van der Waals surface area contributed by atoms with Crippen molar-refractivity contribution < 1.29 is 24.3 Å². The number of benzene rings is 2. The van der Waals surface area contributed by atoms with Crippen LogP contribution in [0.1, 0.15) is 36.2 Å². The number of anilines is 1. The van der Waals surface area contributed by atoms with Crippen LogP contribution in [0, 0.1) is 0 Å². The van der Waals surface area contributed by atoms with Gasteiger partial charge in [-0.1, -0.05) is 11.6 Å². The largest absolute Gasteiger partial charge is 0.478 e. The van der Waals surface area contributed by atoms with Gasteiger partial charge in [0.15, 0.2) is 0 Å². The van der Waals surface area contributed by atoms with E-state index in [0.29, 0.717) is 54.2 Å². The van der Waals surface area contributed by atoms with E-state index < -0.39 is 23.8 Å². The zero-order valence-corrected chi connectivity index (χ0v) is 23.9. The standard InChI is InChI=1S/C28H31ClN8O5/c1-18(2)35-11-13-36(14-12-35)26(39)16-23(27(40)31-22-7-3-19(4-8-22)28(41)42)32-25(38)10-5-20-15-21(29)6-9-24(20)37-17-30-33-34-37/h3-10,15,17-18,23H,11-14,16H2,1-2H3,(H,31,40)(H,32,38)(H,41,42)/b10-5+/t23-/m0/s1. The van der Waals surface area contributed by atoms with Gasteiger partial charge in [0, 0.05) is 54.6 Å². The first kappa shape index (κ1) is 30.3. The van der Waals surface area contributed by atoms with Crippen molar-refractivity contribution in [3.8, 4) is 5.69 Å². The Morgan fingerprint density at radius 3 is 2.38 bits per heavy atom. The minimum atomic E-state index is -1.20. The summed E-state index contributed by atoms with van der Waals surface area (Å²) < 4.78 is 1.41. The number of nitrogens with zero attached hydrogens (tertiary/aromatic N) is 6. The number of nitrogens with one attached hydrogen (secondary N) is 2. The molecule has 0 saturated carbocycles. The molecular formula is C28H31ClN8O5. The van der Waals surface area contributed by atoms with Gasteiger partial charge in [-0.2, -0.15) is 4.68 Å². The van der Waals surface area contributed by atoms with E-state index in [-0.39, 0.29) is 17.9 Å². The molecule has 220 valence electrons. The van der Waals surface area contributed by atoms with Crippen molar-refractivity contribution in [3.63, 3.8) is 0 Å². The molecule has 14 heteroatoms. The summed E-state index contributed by atoms with van der Waals surface area (Å²) in [6, 6.07) is 9.72. The molecule has 0 aliphatic carbocycles. The van der Waals surface area contributed by atoms with Crippen LogP contribution in [0.25, 0.3) is 11.8 Å². The Bertz CT molecular complexity index is 1450. The average molecular weight is 595 g/mol. The van der Waals surface area contributed by atoms with Gasteiger partial charge < -0.3 is 20.6 Å². The van der Waals surface area contributed by atoms with Crippen LogP contribution in [0.4, 0.5) is 5.69 Å². The number of rotatable bonds is 10. The Labute approximate surface area is 247 Å². The Balaban J connectivity index is 1.49. The lowest BCUT2D eigenvalue weighted by Gasteiger charge is -2.37. The summed E-state index contributed by atoms with van der Waals surface area (Å²) in [6.07, 6.45) is 3.88. The highest BCUT2D eigenvalue weighted by Gasteiger charge is 2.28. The first-order valence-electron chi connectivity index (χ1n) is 13.3. The summed E-state index contributed by atoms with van der Waals surface area (Å²) in [5, 5.41) is 26.0. The zero-order chi connectivity index (χ0) is 30.2. The number of tetrazole rings is 1. The Hall–Kier alpha value is -4.62. The second-order valence-electron chi connectivity index (χ2n) is 9.94. The van der Waals surface area contributed by atoms with Crippen LogP contribution in [0.5, 0.6) is 0 Å². The highest BCUT2D eigenvalue weighted by atomic mass is 35.5. The van der Waals surface area contributed by atoms with Crippen LogP contribution in [0.2, 0.25) is 5.02 Å². The number of halogens is 1. The normalized spacial score (nSPS) is 14.6. The van der Waals surface area contributed by atoms with Crippen LogP contribution < -0.4 is 10.6 Å². The van der Waals surface area contributed by atoms with Gasteiger partial charge in [0.1, 0.15) is 12.4 Å². The van der Waals surface area contributed by atoms with Crippen LogP contribution in [0.15, 0.2) is 54.9 Å². The molecule has 13 nitrogen and oxygen atoms in total. The molecule has 3 N–H and O–H groups in total. The van der Waals surface area contributed by atoms with Gasteiger partial charge in [-0.05, 0) is 72.8 Å². The maximum Gasteiger partial charge on any atom is 0.335 e. The molecule has 1 aliphatic heterocycles. The molecular weight excluding hydrogens is 564 g/mol. The summed E-state index contributed by atoms with van der Waals surface area (Å²) in [6.45, 7) is 6.66. The van der Waals surface area contributed by atoms with Crippen molar-refractivity contribution in [3.05, 3.63) is 71.0 Å². The van der Waals surface area contributed by atoms with E-state index in [2.05, 4.69) is 44.9 Å². The maximum absolute atomic E-state index is 13.3. The van der Waals surface area contributed by atoms with Crippen LogP contribution in [-0.2, 0) is 14.4 Å². The fraction of sp³-hybridized carbons (Fsp3) is 0.321. The number of hydrogen-bond donors (Lipinski definition) is 3. The minimum absolute atomic E-state index is 0.0563. The van der Waals surface area contributed by atoms with Crippen molar-refractivity contribution >= 4 is 47.1 Å². The SMILES string of the molecule is CC(C)N1CCN(C(=O)C[C@H](NC(=O)/C=C/c2cc(Cl)ccc2-n2cnnn2)C(=O)Nc2ccc(C(=O)O)cc2)CC1. The number of carbonyl (C=O) groups is 4. The number of aromatic carboxylic acids is 1. The molecule has 3 amide bonds. The number of carboxylic acids is 1. The van der Waals surface area contributed by atoms with E-state index in [1.54, 1.807) is 23.1 Å². The fourth-order valence-corrected chi connectivity index (χ4v) is 4.63. The molecule has 1 saturated heterocycles. The minimum Gasteiger partial charge on any atom is -0.478 e. The first-order chi connectivity index (χ1) is 20.1. The second kappa shape index (κ2) is 13.8. The number of piperazine rings is 1. The molecule has 1 atom stereocenters. The lowest BCUT2D eigenvalue weighted by Crippen LogP contribution is -2.53. The van der Waals surface area contributed by atoms with E-state index >= 15 is 0 Å². The molecule has 0 bridgehead atoms. The van der Waals surface area contributed by atoms with E-state index in [1.807, 2.05) is 0 Å². The third-order valence-corrected chi connectivity index (χ3v) is 7.04. The van der Waals surface area contributed by atoms with Crippen molar-refractivity contribution in [2.75, 3.05) is 31.5 Å². The van der Waals surface area contributed by atoms with Gasteiger partial charge >= 0.3 is 5.97 Å². The molecule has 1 aromatic heterocycles. The number of carboxylic acid groups (broad SMARTS) is 1. The van der Waals surface area contributed by atoms with E-state index in [1.165, 1.54) is 47.4 Å². The van der Waals surface area contributed by atoms with Gasteiger partial charge in [0.05, 0.1) is 17.7 Å².